The van der Waals surface area contributed by atoms with Crippen LogP contribution in [-0.4, -0.2) is 14.3 Å². The molecule has 6 heteroatoms. The number of nitrogens with zero attached hydrogens (tertiary/aromatic N) is 1. The van der Waals surface area contributed by atoms with E-state index in [1.807, 2.05) is 4.72 Å². The van der Waals surface area contributed by atoms with Gasteiger partial charge in [-0.25, -0.2) is 0 Å². The molecule has 1 rings (SSSR count). The van der Waals surface area contributed by atoms with Gasteiger partial charge in [0.2, 0.25) is 0 Å². The quantitative estimate of drug-likeness (QED) is 0.447. The first-order chi connectivity index (χ1) is 4.10. The molecular weight excluding hydrogens is 142 g/mol. The molecule has 0 atom stereocenters. The van der Waals surface area contributed by atoms with Gasteiger partial charge in [0.05, 0.1) is 0 Å². The highest BCUT2D eigenvalue weighted by Gasteiger charge is 2.07. The molecule has 1 heterocycles. The van der Waals surface area contributed by atoms with Gasteiger partial charge in [-0.3, -0.25) is 4.72 Å². The van der Waals surface area contributed by atoms with Crippen LogP contribution in [0.3, 0.4) is 0 Å². The zero-order chi connectivity index (χ0) is 6.91. The molecule has 0 aromatic carbocycles. The van der Waals surface area contributed by atoms with E-state index in [9.17, 15) is 8.42 Å². The predicted molar refractivity (Wildman–Crippen MR) is 32.8 cm³/mol. The van der Waals surface area contributed by atoms with E-state index in [-0.39, 0.29) is 5.84 Å². The second kappa shape index (κ2) is 1.73. The van der Waals surface area contributed by atoms with Crippen molar-refractivity contribution in [3.63, 3.8) is 0 Å². The molecule has 0 aromatic rings. The lowest BCUT2D eigenvalue weighted by Crippen LogP contribution is -2.24. The number of nitrogens with two attached hydrogens (primary N) is 1. The molecular formula is C3H5N3O2S. The minimum Gasteiger partial charge on any atom is -0.383 e. The molecule has 0 bridgehead atoms. The largest absolute Gasteiger partial charge is 0.383 e. The van der Waals surface area contributed by atoms with E-state index >= 15 is 0 Å². The molecule has 9 heavy (non-hydrogen) atoms. The van der Waals surface area contributed by atoms with E-state index in [1.165, 1.54) is 12.3 Å². The van der Waals surface area contributed by atoms with Gasteiger partial charge < -0.3 is 5.73 Å². The first-order valence-electron chi connectivity index (χ1n) is 2.14. The van der Waals surface area contributed by atoms with Gasteiger partial charge in [0.15, 0.2) is 0 Å². The summed E-state index contributed by atoms with van der Waals surface area (Å²) in [6.07, 6.45) is 2.58. The minimum atomic E-state index is -3.51. The van der Waals surface area contributed by atoms with Gasteiger partial charge in [-0.1, -0.05) is 0 Å². The van der Waals surface area contributed by atoms with Crippen LogP contribution in [0.25, 0.3) is 0 Å². The molecule has 0 aromatic heterocycles. The maximum Gasteiger partial charge on any atom is 0.343 e. The van der Waals surface area contributed by atoms with Crippen LogP contribution in [0, 0.1) is 0 Å². The van der Waals surface area contributed by atoms with E-state index in [2.05, 4.69) is 4.40 Å². The lowest BCUT2D eigenvalue weighted by Gasteiger charge is -2.01. The molecule has 0 fully saturated rings. The van der Waals surface area contributed by atoms with Crippen LogP contribution >= 0.6 is 0 Å². The third kappa shape index (κ3) is 1.43. The molecule has 3 N–H and O–H groups in total. The first kappa shape index (κ1) is 6.09. The van der Waals surface area contributed by atoms with Crippen LogP contribution in [0.15, 0.2) is 16.7 Å². The lowest BCUT2D eigenvalue weighted by molar-refractivity contribution is 0.592. The van der Waals surface area contributed by atoms with Crippen molar-refractivity contribution in [2.75, 3.05) is 0 Å². The Bertz CT molecular complexity index is 263. The highest BCUT2D eigenvalue weighted by atomic mass is 32.2. The van der Waals surface area contributed by atoms with Crippen molar-refractivity contribution in [3.05, 3.63) is 12.3 Å². The van der Waals surface area contributed by atoms with Crippen LogP contribution in [0.1, 0.15) is 0 Å². The fourth-order valence-electron chi connectivity index (χ4n) is 0.401. The average molecular weight is 147 g/mol. The van der Waals surface area contributed by atoms with Crippen molar-refractivity contribution >= 4 is 16.0 Å². The maximum atomic E-state index is 10.4. The molecule has 1 aliphatic heterocycles. The summed E-state index contributed by atoms with van der Waals surface area (Å²) in [4.78, 5) is 0. The third-order valence-corrected chi connectivity index (χ3v) is 1.58. The van der Waals surface area contributed by atoms with Crippen LogP contribution in [0.5, 0.6) is 0 Å². The predicted octanol–water partition coefficient (Wildman–Crippen LogP) is -1.29. The van der Waals surface area contributed by atoms with E-state index < -0.39 is 10.2 Å². The van der Waals surface area contributed by atoms with E-state index in [1.54, 1.807) is 0 Å². The summed E-state index contributed by atoms with van der Waals surface area (Å²) in [5, 5.41) is 0. The van der Waals surface area contributed by atoms with Gasteiger partial charge >= 0.3 is 10.2 Å². The summed E-state index contributed by atoms with van der Waals surface area (Å²) in [5.74, 6) is -0.00579. The van der Waals surface area contributed by atoms with Crippen molar-refractivity contribution < 1.29 is 8.42 Å². The summed E-state index contributed by atoms with van der Waals surface area (Å²) >= 11 is 0. The standard InChI is InChI=1S/C3H5N3O2S/c4-3-1-2-5-9(7,8)6-3/h1-2,5H,(H2,4,6). The first-order valence-corrected chi connectivity index (χ1v) is 3.58. The van der Waals surface area contributed by atoms with Crippen LogP contribution in [0.2, 0.25) is 0 Å². The number of hydrogen-bond donors (Lipinski definition) is 2. The Morgan fingerprint density at radius 1 is 1.67 bits per heavy atom. The van der Waals surface area contributed by atoms with Gasteiger partial charge in [0.25, 0.3) is 0 Å². The summed E-state index contributed by atoms with van der Waals surface area (Å²) in [6, 6.07) is 0. The number of hydrogen-bond acceptors (Lipinski definition) is 3. The van der Waals surface area contributed by atoms with Gasteiger partial charge in [-0.05, 0) is 6.08 Å². The van der Waals surface area contributed by atoms with Crippen molar-refractivity contribution in [2.24, 2.45) is 10.1 Å². The molecule has 0 unspecified atom stereocenters. The van der Waals surface area contributed by atoms with Crippen LogP contribution in [-0.2, 0) is 10.2 Å². The van der Waals surface area contributed by atoms with Crippen LogP contribution in [0.4, 0.5) is 0 Å². The van der Waals surface area contributed by atoms with Gasteiger partial charge in [0, 0.05) is 6.20 Å². The van der Waals surface area contributed by atoms with Crippen molar-refractivity contribution in [2.45, 2.75) is 0 Å². The van der Waals surface area contributed by atoms with Gasteiger partial charge in [0.1, 0.15) is 5.84 Å². The highest BCUT2D eigenvalue weighted by molar-refractivity contribution is 7.88. The monoisotopic (exact) mass is 147 g/mol. The Balaban J connectivity index is 3.06. The Hall–Kier alpha value is -1.04. The molecule has 0 radical (unpaired) electrons. The third-order valence-electron chi connectivity index (χ3n) is 0.697. The lowest BCUT2D eigenvalue weighted by atomic mass is 10.6. The molecule has 0 spiro atoms. The fraction of sp³-hybridized carbons (Fsp3) is 0. The molecule has 0 saturated carbocycles. The molecule has 1 aliphatic rings. The Kier molecular flexibility index (Phi) is 1.17. The molecule has 0 saturated heterocycles. The Morgan fingerprint density at radius 3 is 2.67 bits per heavy atom. The minimum absolute atomic E-state index is 0.00579. The average Bonchev–Trinajstić information content (AvgIpc) is 1.60. The molecule has 5 nitrogen and oxygen atoms in total. The summed E-state index contributed by atoms with van der Waals surface area (Å²) in [7, 11) is -3.51. The van der Waals surface area contributed by atoms with E-state index in [0.717, 1.165) is 0 Å². The summed E-state index contributed by atoms with van der Waals surface area (Å²) < 4.78 is 26.0. The smallest absolute Gasteiger partial charge is 0.343 e. The summed E-state index contributed by atoms with van der Waals surface area (Å²) in [6.45, 7) is 0. The summed E-state index contributed by atoms with van der Waals surface area (Å²) in [5.41, 5.74) is 5.05. The second-order valence-corrected chi connectivity index (χ2v) is 2.81. The molecule has 0 aliphatic carbocycles. The second-order valence-electron chi connectivity index (χ2n) is 1.44. The zero-order valence-corrected chi connectivity index (χ0v) is 5.22. The Morgan fingerprint density at radius 2 is 2.33 bits per heavy atom. The normalized spacial score (nSPS) is 22.4. The number of amidine groups is 1. The number of nitrogens with one attached hydrogen (secondary N) is 1. The van der Waals surface area contributed by atoms with E-state index in [0.29, 0.717) is 0 Å². The van der Waals surface area contributed by atoms with Crippen LogP contribution < -0.4 is 10.5 Å². The number of rotatable bonds is 0. The van der Waals surface area contributed by atoms with Gasteiger partial charge in [-0.15, -0.1) is 4.40 Å². The highest BCUT2D eigenvalue weighted by Crippen LogP contribution is 1.91. The molecule has 50 valence electrons. The van der Waals surface area contributed by atoms with Crippen molar-refractivity contribution in [1.82, 2.24) is 4.72 Å². The Labute approximate surface area is 52.5 Å². The topological polar surface area (TPSA) is 84.5 Å². The van der Waals surface area contributed by atoms with Crippen molar-refractivity contribution in [1.29, 1.82) is 0 Å². The zero-order valence-electron chi connectivity index (χ0n) is 4.40. The van der Waals surface area contributed by atoms with Gasteiger partial charge in [-0.2, -0.15) is 8.42 Å². The van der Waals surface area contributed by atoms with E-state index in [4.69, 9.17) is 5.73 Å². The fourth-order valence-corrected chi connectivity index (χ4v) is 1.03. The SMILES string of the molecule is NC1=NS(=O)(=O)NC=C1. The maximum absolute atomic E-state index is 10.4. The van der Waals surface area contributed by atoms with Crippen molar-refractivity contribution in [3.8, 4) is 0 Å². The molecule has 0 amide bonds.